The maximum atomic E-state index is 5.70. The molecule has 0 aliphatic carbocycles. The molecule has 0 aliphatic heterocycles. The van der Waals surface area contributed by atoms with Crippen molar-refractivity contribution in [2.45, 2.75) is 9.79 Å². The summed E-state index contributed by atoms with van der Waals surface area (Å²) in [6.45, 7) is 0. The van der Waals surface area contributed by atoms with E-state index in [1.165, 1.54) is 11.8 Å². The van der Waals surface area contributed by atoms with Gasteiger partial charge in [-0.15, -0.1) is 0 Å². The second-order valence-electron chi connectivity index (χ2n) is 2.90. The van der Waals surface area contributed by atoms with Gasteiger partial charge in [0.05, 0.1) is 23.1 Å². The third-order valence-electron chi connectivity index (χ3n) is 1.92. The standard InChI is InChI=1S/C10H11N3OS/c1-14-7-4-2-3-5-8(7)15-9-6-12-13-10(9)11/h2-6H,1H3,(H3,11,12,13). The van der Waals surface area contributed by atoms with Gasteiger partial charge in [-0.1, -0.05) is 23.9 Å². The zero-order chi connectivity index (χ0) is 10.7. The van der Waals surface area contributed by atoms with Crippen LogP contribution in [0, 0.1) is 0 Å². The van der Waals surface area contributed by atoms with Crippen LogP contribution in [0.2, 0.25) is 0 Å². The topological polar surface area (TPSA) is 63.9 Å². The number of hydrogen-bond donors (Lipinski definition) is 2. The first kappa shape index (κ1) is 9.92. The maximum Gasteiger partial charge on any atom is 0.133 e. The lowest BCUT2D eigenvalue weighted by atomic mass is 10.3. The lowest BCUT2D eigenvalue weighted by Crippen LogP contribution is -1.88. The zero-order valence-corrected chi connectivity index (χ0v) is 9.04. The molecule has 0 spiro atoms. The van der Waals surface area contributed by atoms with E-state index in [0.717, 1.165) is 15.5 Å². The van der Waals surface area contributed by atoms with Crippen molar-refractivity contribution in [3.05, 3.63) is 30.5 Å². The Hall–Kier alpha value is -1.62. The number of ether oxygens (including phenoxy) is 1. The monoisotopic (exact) mass is 221 g/mol. The van der Waals surface area contributed by atoms with E-state index in [1.807, 2.05) is 24.3 Å². The highest BCUT2D eigenvalue weighted by Gasteiger charge is 2.07. The van der Waals surface area contributed by atoms with Crippen LogP contribution in [0.25, 0.3) is 0 Å². The Morgan fingerprint density at radius 3 is 2.80 bits per heavy atom. The average Bonchev–Trinajstić information content (AvgIpc) is 2.65. The zero-order valence-electron chi connectivity index (χ0n) is 8.23. The van der Waals surface area contributed by atoms with E-state index in [1.54, 1.807) is 13.3 Å². The number of nitrogens with one attached hydrogen (secondary N) is 1. The van der Waals surface area contributed by atoms with Gasteiger partial charge in [-0.25, -0.2) is 0 Å². The Kier molecular flexibility index (Phi) is 2.82. The Bertz CT molecular complexity index is 455. The van der Waals surface area contributed by atoms with Crippen LogP contribution in [-0.4, -0.2) is 17.3 Å². The molecule has 0 radical (unpaired) electrons. The first-order valence-electron chi connectivity index (χ1n) is 4.41. The van der Waals surface area contributed by atoms with E-state index in [2.05, 4.69) is 10.2 Å². The molecular weight excluding hydrogens is 210 g/mol. The van der Waals surface area contributed by atoms with Gasteiger partial charge >= 0.3 is 0 Å². The van der Waals surface area contributed by atoms with Gasteiger partial charge in [0.1, 0.15) is 11.6 Å². The third-order valence-corrected chi connectivity index (χ3v) is 3.02. The van der Waals surface area contributed by atoms with Gasteiger partial charge in [-0.2, -0.15) is 5.10 Å². The number of para-hydroxylation sites is 1. The Labute approximate surface area is 91.8 Å². The summed E-state index contributed by atoms with van der Waals surface area (Å²) in [5.74, 6) is 1.41. The van der Waals surface area contributed by atoms with Crippen LogP contribution < -0.4 is 10.5 Å². The molecule has 0 fully saturated rings. The molecule has 0 atom stereocenters. The number of nitrogen functional groups attached to an aromatic ring is 1. The molecule has 5 heteroatoms. The summed E-state index contributed by atoms with van der Waals surface area (Å²) in [7, 11) is 1.65. The predicted molar refractivity (Wildman–Crippen MR) is 60.1 cm³/mol. The van der Waals surface area contributed by atoms with E-state index in [0.29, 0.717) is 5.82 Å². The Morgan fingerprint density at radius 1 is 1.33 bits per heavy atom. The van der Waals surface area contributed by atoms with E-state index >= 15 is 0 Å². The lowest BCUT2D eigenvalue weighted by Gasteiger charge is -2.06. The summed E-state index contributed by atoms with van der Waals surface area (Å²) in [5, 5.41) is 6.55. The number of methoxy groups -OCH3 is 1. The fourth-order valence-corrected chi connectivity index (χ4v) is 2.08. The fourth-order valence-electron chi connectivity index (χ4n) is 1.19. The van der Waals surface area contributed by atoms with Crippen LogP contribution in [-0.2, 0) is 0 Å². The number of nitrogens with zero attached hydrogens (tertiary/aromatic N) is 1. The van der Waals surface area contributed by atoms with Gasteiger partial charge < -0.3 is 10.5 Å². The predicted octanol–water partition coefficient (Wildman–Crippen LogP) is 2.15. The molecule has 78 valence electrons. The molecule has 0 aliphatic rings. The van der Waals surface area contributed by atoms with Crippen LogP contribution in [0.15, 0.2) is 40.3 Å². The third kappa shape index (κ3) is 2.07. The van der Waals surface area contributed by atoms with E-state index in [4.69, 9.17) is 10.5 Å². The van der Waals surface area contributed by atoms with Crippen molar-refractivity contribution in [1.82, 2.24) is 10.2 Å². The van der Waals surface area contributed by atoms with Crippen LogP contribution in [0.1, 0.15) is 0 Å². The van der Waals surface area contributed by atoms with Crippen LogP contribution >= 0.6 is 11.8 Å². The molecule has 0 saturated carbocycles. The van der Waals surface area contributed by atoms with Crippen molar-refractivity contribution in [1.29, 1.82) is 0 Å². The molecule has 0 unspecified atom stereocenters. The summed E-state index contributed by atoms with van der Waals surface area (Å²) >= 11 is 1.53. The van der Waals surface area contributed by atoms with Crippen LogP contribution in [0.5, 0.6) is 5.75 Å². The molecule has 2 aromatic rings. The van der Waals surface area contributed by atoms with E-state index in [9.17, 15) is 0 Å². The van der Waals surface area contributed by atoms with Crippen molar-refractivity contribution in [3.63, 3.8) is 0 Å². The minimum Gasteiger partial charge on any atom is -0.496 e. The number of aromatic amines is 1. The van der Waals surface area contributed by atoms with Gasteiger partial charge in [0.2, 0.25) is 0 Å². The fraction of sp³-hybridized carbons (Fsp3) is 0.100. The average molecular weight is 221 g/mol. The van der Waals surface area contributed by atoms with Crippen LogP contribution in [0.4, 0.5) is 5.82 Å². The van der Waals surface area contributed by atoms with Gasteiger partial charge in [0.15, 0.2) is 0 Å². The number of nitrogens with two attached hydrogens (primary N) is 1. The SMILES string of the molecule is COc1ccccc1Sc1cn[nH]c1N. The van der Waals surface area contributed by atoms with Crippen molar-refractivity contribution in [3.8, 4) is 5.75 Å². The highest BCUT2D eigenvalue weighted by Crippen LogP contribution is 2.36. The highest BCUT2D eigenvalue weighted by molar-refractivity contribution is 7.99. The highest BCUT2D eigenvalue weighted by atomic mass is 32.2. The second-order valence-corrected chi connectivity index (χ2v) is 3.98. The lowest BCUT2D eigenvalue weighted by molar-refractivity contribution is 0.405. The molecule has 0 saturated heterocycles. The minimum absolute atomic E-state index is 0.575. The minimum atomic E-state index is 0.575. The van der Waals surface area contributed by atoms with E-state index < -0.39 is 0 Å². The quantitative estimate of drug-likeness (QED) is 0.833. The summed E-state index contributed by atoms with van der Waals surface area (Å²) in [6, 6.07) is 7.79. The number of rotatable bonds is 3. The molecule has 2 rings (SSSR count). The van der Waals surface area contributed by atoms with Crippen molar-refractivity contribution >= 4 is 17.6 Å². The molecule has 4 nitrogen and oxygen atoms in total. The molecule has 0 bridgehead atoms. The first-order valence-corrected chi connectivity index (χ1v) is 5.22. The smallest absolute Gasteiger partial charge is 0.133 e. The van der Waals surface area contributed by atoms with E-state index in [-0.39, 0.29) is 0 Å². The maximum absolute atomic E-state index is 5.70. The molecule has 1 aromatic heterocycles. The number of benzene rings is 1. The molecule has 3 N–H and O–H groups in total. The van der Waals surface area contributed by atoms with Crippen molar-refractivity contribution < 1.29 is 4.74 Å². The number of anilines is 1. The first-order chi connectivity index (χ1) is 7.31. The number of hydrogen-bond acceptors (Lipinski definition) is 4. The normalized spacial score (nSPS) is 10.2. The second kappa shape index (κ2) is 4.27. The summed E-state index contributed by atoms with van der Waals surface area (Å²) in [6.07, 6.45) is 1.70. The van der Waals surface area contributed by atoms with Gasteiger partial charge in [0.25, 0.3) is 0 Å². The van der Waals surface area contributed by atoms with Gasteiger partial charge in [-0.3, -0.25) is 5.10 Å². The Morgan fingerprint density at radius 2 is 2.13 bits per heavy atom. The number of H-pyrrole nitrogens is 1. The van der Waals surface area contributed by atoms with Gasteiger partial charge in [-0.05, 0) is 12.1 Å². The van der Waals surface area contributed by atoms with Crippen LogP contribution in [0.3, 0.4) is 0 Å². The van der Waals surface area contributed by atoms with Crippen molar-refractivity contribution in [2.75, 3.05) is 12.8 Å². The molecule has 15 heavy (non-hydrogen) atoms. The summed E-state index contributed by atoms with van der Waals surface area (Å²) in [5.41, 5.74) is 5.70. The summed E-state index contributed by atoms with van der Waals surface area (Å²) < 4.78 is 5.24. The molecule has 1 heterocycles. The number of aromatic nitrogens is 2. The largest absolute Gasteiger partial charge is 0.496 e. The van der Waals surface area contributed by atoms with Gasteiger partial charge in [0, 0.05) is 0 Å². The Balaban J connectivity index is 2.28. The summed E-state index contributed by atoms with van der Waals surface area (Å²) in [4.78, 5) is 1.92. The van der Waals surface area contributed by atoms with Crippen molar-refractivity contribution in [2.24, 2.45) is 0 Å². The molecule has 1 aromatic carbocycles. The molecular formula is C10H11N3OS. The molecule has 0 amide bonds.